The minimum Gasteiger partial charge on any atom is -0.494 e. The van der Waals surface area contributed by atoms with Crippen LogP contribution in [0.5, 0.6) is 17.2 Å². The van der Waals surface area contributed by atoms with Crippen LogP contribution in [0.4, 0.5) is 85.3 Å². The summed E-state index contributed by atoms with van der Waals surface area (Å²) in [6.07, 6.45) is 26.6. The highest BCUT2D eigenvalue weighted by atomic mass is 35.5. The van der Waals surface area contributed by atoms with E-state index < -0.39 is 5.97 Å². The number of benzene rings is 9. The van der Waals surface area contributed by atoms with E-state index in [0.29, 0.717) is 149 Å². The molecule has 9 aromatic carbocycles. The summed E-state index contributed by atoms with van der Waals surface area (Å²) in [6.45, 7) is 25.5. The van der Waals surface area contributed by atoms with E-state index in [0.717, 1.165) is 172 Å². The second-order valence-electron chi connectivity index (χ2n) is 32.2. The van der Waals surface area contributed by atoms with Crippen LogP contribution < -0.4 is 28.9 Å². The molecule has 0 heterocycles. The van der Waals surface area contributed by atoms with Crippen molar-refractivity contribution in [2.75, 3.05) is 107 Å². The van der Waals surface area contributed by atoms with Crippen molar-refractivity contribution in [3.8, 4) is 23.3 Å². The van der Waals surface area contributed by atoms with Gasteiger partial charge in [0, 0.05) is 81.1 Å². The second kappa shape index (κ2) is 70.0. The van der Waals surface area contributed by atoms with Gasteiger partial charge in [-0.3, -0.25) is 19.2 Å². The third kappa shape index (κ3) is 48.7. The number of unbranched alkanes of at least 4 members (excludes halogenated alkanes) is 18. The van der Waals surface area contributed by atoms with E-state index in [4.69, 9.17) is 54.8 Å². The van der Waals surface area contributed by atoms with Crippen LogP contribution in [-0.2, 0) is 47.7 Å². The van der Waals surface area contributed by atoms with Crippen molar-refractivity contribution >= 4 is 127 Å². The van der Waals surface area contributed by atoms with Crippen molar-refractivity contribution in [2.24, 2.45) is 61.4 Å². The van der Waals surface area contributed by atoms with Gasteiger partial charge in [0.25, 0.3) is 0 Å². The van der Waals surface area contributed by atoms with Gasteiger partial charge in [-0.2, -0.15) is 61.5 Å². The largest absolute Gasteiger partial charge is 0.494 e. The SMILES string of the molecule is C=CC(=O)OCCN(CC)c1ccc(N=Nc2ccc(N=Nc3ccc(OCCCCCCCCCOC(=O)CC)cc3)cc2)cc1.CCC(=O)OCCCCCCCCCOc1ccc(N=Nc2ccc(N=Nc3ccc(N(CC)CCC#N)cc3)cc2)c(Cl)c1.CCC(=O)OCCCCCCCCCOc1ccc(N=Nc2ccc(N=Nc3ccc(N(CC)CCOC(=O)CC)cc3)cc2)cc1. The lowest BCUT2D eigenvalue weighted by molar-refractivity contribution is -0.144. The topological polar surface area (TPSA) is 341 Å². The maximum absolute atomic E-state index is 11.4. The van der Waals surface area contributed by atoms with Gasteiger partial charge in [-0.25, -0.2) is 4.79 Å². The first kappa shape index (κ1) is 112. The van der Waals surface area contributed by atoms with E-state index in [1.165, 1.54) is 51.4 Å². The summed E-state index contributed by atoms with van der Waals surface area (Å²) in [4.78, 5) is 62.4. The van der Waals surface area contributed by atoms with Crippen LogP contribution >= 0.6 is 11.6 Å². The Balaban J connectivity index is 0.000000284. The van der Waals surface area contributed by atoms with Crippen molar-refractivity contribution in [3.63, 3.8) is 0 Å². The summed E-state index contributed by atoms with van der Waals surface area (Å²) >= 11 is 6.43. The fourth-order valence-corrected chi connectivity index (χ4v) is 13.7. The molecule has 0 unspecified atom stereocenters. The third-order valence-electron chi connectivity index (χ3n) is 21.6. The smallest absolute Gasteiger partial charge is 0.330 e. The molecule has 740 valence electrons. The Morgan fingerprint density at radius 1 is 0.288 bits per heavy atom. The molecule has 0 aliphatic rings. The number of nitriles is 1. The quantitative estimate of drug-likeness (QED) is 0.0112. The number of carbonyl (C=O) groups excluding carboxylic acids is 5. The molecular formula is C109H139ClN16O13. The molecule has 30 heteroatoms. The second-order valence-corrected chi connectivity index (χ2v) is 32.6. The fraction of sp³-hybridized carbons (Fsp3) is 0.431. The highest BCUT2D eigenvalue weighted by molar-refractivity contribution is 6.33. The zero-order valence-electron chi connectivity index (χ0n) is 82.1. The minimum absolute atomic E-state index is 0.114. The number of nitrogens with zero attached hydrogens (tertiary/aromatic N) is 16. The molecule has 0 saturated carbocycles. The van der Waals surface area contributed by atoms with Crippen molar-refractivity contribution in [2.45, 2.75) is 215 Å². The molecule has 0 bridgehead atoms. The number of anilines is 3. The maximum Gasteiger partial charge on any atom is 0.330 e. The predicted octanol–water partition coefficient (Wildman–Crippen LogP) is 31.5. The van der Waals surface area contributed by atoms with Gasteiger partial charge in [-0.05, 0) is 266 Å². The number of ether oxygens (including phenoxy) is 8. The van der Waals surface area contributed by atoms with E-state index in [-0.39, 0.29) is 23.9 Å². The number of likely N-dealkylation sites (N-methyl/N-ethyl adjacent to an activating group) is 2. The Labute approximate surface area is 826 Å². The number of esters is 5. The molecule has 0 aliphatic heterocycles. The van der Waals surface area contributed by atoms with Crippen LogP contribution in [0.1, 0.15) is 215 Å². The molecule has 0 aliphatic carbocycles. The van der Waals surface area contributed by atoms with Gasteiger partial charge in [-0.1, -0.05) is 142 Å². The first-order valence-electron chi connectivity index (χ1n) is 49.1. The van der Waals surface area contributed by atoms with Gasteiger partial charge in [0.2, 0.25) is 0 Å². The maximum atomic E-state index is 11.4. The fourth-order valence-electron chi connectivity index (χ4n) is 13.5. The van der Waals surface area contributed by atoms with Crippen molar-refractivity contribution in [3.05, 3.63) is 230 Å². The number of hydrogen-bond donors (Lipinski definition) is 0. The van der Waals surface area contributed by atoms with E-state index >= 15 is 0 Å². The van der Waals surface area contributed by atoms with E-state index in [1.54, 1.807) is 19.1 Å². The molecule has 0 radical (unpaired) electrons. The molecule has 9 rings (SSSR count). The molecule has 0 N–H and O–H groups in total. The summed E-state index contributed by atoms with van der Waals surface area (Å²) in [5.41, 5.74) is 11.6. The number of carbonyl (C=O) groups is 5. The van der Waals surface area contributed by atoms with Crippen LogP contribution in [0.25, 0.3) is 0 Å². The van der Waals surface area contributed by atoms with Crippen LogP contribution in [0.3, 0.4) is 0 Å². The standard InChI is InChI=1S/C37H49N5O5.C37H47N5O5.C35H43ClN6O3/c2*1-4-36(43)46-28-13-11-9-7-8-10-12-27-45-35-24-20-33(21-25-35)41-39-31-16-14-30(15-17-31)38-40-32-18-22-34(23-19-32)42(6-3)26-29-47-37(44)5-2;1-3-35(43)45-26-11-9-7-5-6-8-10-25-44-32-21-22-34(33(36)27-32)41-40-29-15-13-28(14-16-29)38-39-30-17-19-31(20-18-30)42(4-2)24-12-23-37/h14-25H,4-13,26-29H2,1-3H3;5,14-25H,2,4,6-13,26-29H2,1,3H3;13-22,27H,3-12,24-26H2,1-2H3. The lowest BCUT2D eigenvalue weighted by Gasteiger charge is -2.22. The lowest BCUT2D eigenvalue weighted by atomic mass is 10.1. The Kier molecular flexibility index (Phi) is 56.5. The lowest BCUT2D eigenvalue weighted by Crippen LogP contribution is -2.27. The van der Waals surface area contributed by atoms with Gasteiger partial charge >= 0.3 is 29.8 Å². The predicted molar refractivity (Wildman–Crippen MR) is 552 cm³/mol. The molecule has 9 aromatic rings. The van der Waals surface area contributed by atoms with Crippen molar-refractivity contribution < 1.29 is 61.9 Å². The van der Waals surface area contributed by atoms with E-state index in [9.17, 15) is 24.0 Å². The third-order valence-corrected chi connectivity index (χ3v) is 21.9. The highest BCUT2D eigenvalue weighted by Crippen LogP contribution is 2.34. The van der Waals surface area contributed by atoms with Gasteiger partial charge in [-0.15, -0.1) is 5.11 Å². The van der Waals surface area contributed by atoms with Crippen LogP contribution in [-0.4, -0.2) is 122 Å². The van der Waals surface area contributed by atoms with Gasteiger partial charge < -0.3 is 52.6 Å². The summed E-state index contributed by atoms with van der Waals surface area (Å²) < 4.78 is 43.2. The Morgan fingerprint density at radius 2 is 0.511 bits per heavy atom. The number of halogens is 1. The monoisotopic (exact) mass is 1920 g/mol. The number of hydrogen-bond acceptors (Lipinski definition) is 29. The first-order valence-corrected chi connectivity index (χ1v) is 49.4. The molecule has 0 aromatic heterocycles. The van der Waals surface area contributed by atoms with Gasteiger partial charge in [0.05, 0.1) is 133 Å². The van der Waals surface area contributed by atoms with Crippen LogP contribution in [0.2, 0.25) is 5.02 Å². The Hall–Kier alpha value is -13.8. The summed E-state index contributed by atoms with van der Waals surface area (Å²) in [5.74, 6) is 1.41. The molecule has 29 nitrogen and oxygen atoms in total. The summed E-state index contributed by atoms with van der Waals surface area (Å²) in [6, 6.07) is 68.3. The number of azo groups is 6. The zero-order chi connectivity index (χ0) is 99.2. The highest BCUT2D eigenvalue weighted by Gasteiger charge is 2.13. The minimum atomic E-state index is -0.420. The molecule has 0 atom stereocenters. The van der Waals surface area contributed by atoms with E-state index in [1.807, 2.05) is 228 Å². The molecular weight excluding hydrogens is 1780 g/mol. The normalized spacial score (nSPS) is 11.2. The molecule has 0 saturated heterocycles. The molecule has 0 spiro atoms. The average Bonchev–Trinajstić information content (AvgIpc) is 0.916. The average molecular weight is 1920 g/mol. The molecule has 139 heavy (non-hydrogen) atoms. The van der Waals surface area contributed by atoms with Crippen LogP contribution in [0, 0.1) is 11.3 Å². The Bertz CT molecular complexity index is 5220. The van der Waals surface area contributed by atoms with Crippen molar-refractivity contribution in [1.82, 2.24) is 0 Å². The first-order chi connectivity index (χ1) is 68.0. The van der Waals surface area contributed by atoms with Gasteiger partial charge in [0.15, 0.2) is 0 Å². The van der Waals surface area contributed by atoms with Crippen LogP contribution in [0.15, 0.2) is 286 Å². The molecule has 0 fully saturated rings. The van der Waals surface area contributed by atoms with Crippen molar-refractivity contribution in [1.29, 1.82) is 5.26 Å². The Morgan fingerprint density at radius 3 is 0.770 bits per heavy atom. The number of rotatable bonds is 64. The molecule has 0 amide bonds. The summed E-state index contributed by atoms with van der Waals surface area (Å²) in [7, 11) is 0. The summed E-state index contributed by atoms with van der Waals surface area (Å²) in [5, 5.41) is 61.2. The van der Waals surface area contributed by atoms with E-state index in [2.05, 4.69) is 103 Å². The zero-order valence-corrected chi connectivity index (χ0v) is 82.9. The van der Waals surface area contributed by atoms with Gasteiger partial charge in [0.1, 0.15) is 36.1 Å².